The van der Waals surface area contributed by atoms with Gasteiger partial charge >= 0.3 is 0 Å². The number of nitrogens with zero attached hydrogens (tertiary/aromatic N) is 1. The molecule has 1 unspecified atom stereocenters. The van der Waals surface area contributed by atoms with E-state index in [-0.39, 0.29) is 10.8 Å². The van der Waals surface area contributed by atoms with Gasteiger partial charge in [0, 0.05) is 47.7 Å². The topological polar surface area (TPSA) is 12.5 Å². The lowest BCUT2D eigenvalue weighted by atomic mass is 9.47. The Labute approximate surface area is 334 Å². The van der Waals surface area contributed by atoms with Crippen LogP contribution in [-0.2, 0) is 16.2 Å². The second-order valence-electron chi connectivity index (χ2n) is 17.0. The molecule has 6 aromatic carbocycles. The fraction of sp³-hybridized carbons (Fsp3) is 0.200. The van der Waals surface area contributed by atoms with Gasteiger partial charge in [0.15, 0.2) is 0 Å². The van der Waals surface area contributed by atoms with Crippen LogP contribution in [0.2, 0.25) is 0 Å². The van der Waals surface area contributed by atoms with E-state index < -0.39 is 10.8 Å². The summed E-state index contributed by atoms with van der Waals surface area (Å²) < 4.78 is 9.00. The highest BCUT2D eigenvalue weighted by Gasteiger charge is 2.64. The Hall–Kier alpha value is -4.64. The van der Waals surface area contributed by atoms with Gasteiger partial charge in [0.1, 0.15) is 11.5 Å². The number of rotatable bonds is 1. The van der Waals surface area contributed by atoms with E-state index in [2.05, 4.69) is 205 Å². The Bertz CT molecular complexity index is 2690. The normalized spacial score (nSPS) is 21.1. The standard InChI is InChI=1S/C50H39Br2NO/c1-47(2)36-13-7-6-12-32(36)33-22-20-31(26-40(33)47)53-43-23-19-30(52)25-42(43)50(37-14-8-10-16-44(37)54-45-17-11-9-15-38(45)50)49(5)28-35-34-21-18-29(51)24-39(34)48(3,4)41(35)27-46(49)53/h6-27H,28H2,1-5H3. The molecule has 264 valence electrons. The van der Waals surface area contributed by atoms with Crippen molar-refractivity contribution < 1.29 is 4.74 Å². The van der Waals surface area contributed by atoms with Crippen LogP contribution in [-0.4, -0.2) is 0 Å². The molecule has 6 aromatic rings. The highest BCUT2D eigenvalue weighted by Crippen LogP contribution is 2.72. The number of ether oxygens (including phenoxy) is 1. The number of benzene rings is 6. The first-order chi connectivity index (χ1) is 26.0. The third-order valence-corrected chi connectivity index (χ3v) is 14.6. The number of allylic oxidation sites excluding steroid dienone is 4. The second kappa shape index (κ2) is 10.8. The first-order valence-corrected chi connectivity index (χ1v) is 20.5. The van der Waals surface area contributed by atoms with Crippen molar-refractivity contribution in [3.63, 3.8) is 0 Å². The van der Waals surface area contributed by atoms with Crippen molar-refractivity contribution >= 4 is 48.8 Å². The fourth-order valence-corrected chi connectivity index (χ4v) is 11.9. The summed E-state index contributed by atoms with van der Waals surface area (Å²) >= 11 is 7.82. The summed E-state index contributed by atoms with van der Waals surface area (Å²) in [5, 5.41) is 0. The molecular formula is C50H39Br2NO. The third kappa shape index (κ3) is 3.91. The zero-order valence-electron chi connectivity index (χ0n) is 31.0. The molecule has 1 atom stereocenters. The molecule has 0 saturated heterocycles. The van der Waals surface area contributed by atoms with Crippen molar-refractivity contribution in [2.24, 2.45) is 5.41 Å². The van der Waals surface area contributed by atoms with Crippen LogP contribution >= 0.6 is 31.9 Å². The maximum atomic E-state index is 6.82. The number of hydrogen-bond acceptors (Lipinski definition) is 2. The van der Waals surface area contributed by atoms with E-state index in [4.69, 9.17) is 4.74 Å². The third-order valence-electron chi connectivity index (χ3n) is 13.7. The van der Waals surface area contributed by atoms with Crippen LogP contribution < -0.4 is 9.64 Å². The number of fused-ring (bicyclic) bond motifs is 13. The first kappa shape index (κ1) is 32.8. The smallest absolute Gasteiger partial charge is 0.131 e. The lowest BCUT2D eigenvalue weighted by molar-refractivity contribution is 0.235. The molecule has 0 N–H and O–H groups in total. The molecule has 2 aliphatic heterocycles. The van der Waals surface area contributed by atoms with Gasteiger partial charge in [-0.15, -0.1) is 0 Å². The molecule has 0 amide bonds. The molecule has 0 radical (unpaired) electrons. The van der Waals surface area contributed by atoms with Crippen molar-refractivity contribution in [3.8, 4) is 22.6 Å². The van der Waals surface area contributed by atoms with E-state index in [0.717, 1.165) is 26.9 Å². The lowest BCUT2D eigenvalue weighted by Crippen LogP contribution is -2.55. The predicted molar refractivity (Wildman–Crippen MR) is 228 cm³/mol. The van der Waals surface area contributed by atoms with E-state index in [9.17, 15) is 0 Å². The Kier molecular flexibility index (Phi) is 6.53. The molecule has 2 nitrogen and oxygen atoms in total. The van der Waals surface area contributed by atoms with Crippen LogP contribution in [0.25, 0.3) is 16.7 Å². The van der Waals surface area contributed by atoms with Crippen LogP contribution in [0.4, 0.5) is 11.4 Å². The lowest BCUT2D eigenvalue weighted by Gasteiger charge is -2.60. The maximum Gasteiger partial charge on any atom is 0.131 e. The molecule has 0 bridgehead atoms. The minimum absolute atomic E-state index is 0.123. The largest absolute Gasteiger partial charge is 0.457 e. The highest BCUT2D eigenvalue weighted by molar-refractivity contribution is 9.10. The molecule has 0 fully saturated rings. The van der Waals surface area contributed by atoms with E-state index >= 15 is 0 Å². The van der Waals surface area contributed by atoms with Crippen molar-refractivity contribution in [2.75, 3.05) is 4.90 Å². The van der Waals surface area contributed by atoms with Crippen LogP contribution in [0, 0.1) is 5.41 Å². The van der Waals surface area contributed by atoms with Gasteiger partial charge in [0.05, 0.1) is 11.1 Å². The SMILES string of the molecule is CC1(C)C2=C(CC3(C)C(=C2)N(c2ccc4c(c2)C(C)(C)c2ccccc2-4)c2ccc(Br)cc2C32c3ccccc3Oc3ccccc32)c2ccc(Br)cc21. The predicted octanol–water partition coefficient (Wildman–Crippen LogP) is 14.1. The van der Waals surface area contributed by atoms with Crippen molar-refractivity contribution in [1.29, 1.82) is 0 Å². The molecular weight excluding hydrogens is 790 g/mol. The van der Waals surface area contributed by atoms with Crippen LogP contribution in [0.5, 0.6) is 11.5 Å². The van der Waals surface area contributed by atoms with Crippen molar-refractivity contribution in [1.82, 2.24) is 0 Å². The second-order valence-corrected chi connectivity index (χ2v) is 18.8. The van der Waals surface area contributed by atoms with Gasteiger partial charge in [0.25, 0.3) is 0 Å². The van der Waals surface area contributed by atoms with Gasteiger partial charge in [-0.2, -0.15) is 0 Å². The van der Waals surface area contributed by atoms with E-state index in [1.807, 2.05) is 0 Å². The summed E-state index contributed by atoms with van der Waals surface area (Å²) in [6, 6.07) is 47.5. The Morgan fingerprint density at radius 2 is 1.11 bits per heavy atom. The van der Waals surface area contributed by atoms with Crippen molar-refractivity contribution in [2.45, 2.75) is 57.3 Å². The Morgan fingerprint density at radius 3 is 1.83 bits per heavy atom. The number of halogens is 2. The molecule has 2 heterocycles. The number of para-hydroxylation sites is 2. The van der Waals surface area contributed by atoms with Crippen LogP contribution in [0.3, 0.4) is 0 Å². The minimum atomic E-state index is -0.576. The first-order valence-electron chi connectivity index (χ1n) is 18.9. The number of anilines is 2. The summed E-state index contributed by atoms with van der Waals surface area (Å²) in [4.78, 5) is 2.62. The van der Waals surface area contributed by atoms with Gasteiger partial charge < -0.3 is 9.64 Å². The molecule has 4 heteroatoms. The Morgan fingerprint density at radius 1 is 0.537 bits per heavy atom. The molecule has 1 spiro atoms. The summed E-state index contributed by atoms with van der Waals surface area (Å²) in [5.74, 6) is 1.84. The average Bonchev–Trinajstić information content (AvgIpc) is 3.52. The van der Waals surface area contributed by atoms with Gasteiger partial charge in [0.2, 0.25) is 0 Å². The summed E-state index contributed by atoms with van der Waals surface area (Å²) in [5.41, 5.74) is 17.1. The van der Waals surface area contributed by atoms with Gasteiger partial charge in [-0.05, 0) is 117 Å². The average molecular weight is 830 g/mol. The molecule has 5 aliphatic rings. The Balaban J connectivity index is 1.27. The van der Waals surface area contributed by atoms with Gasteiger partial charge in [-0.3, -0.25) is 0 Å². The van der Waals surface area contributed by atoms with Crippen LogP contribution in [0.15, 0.2) is 154 Å². The summed E-state index contributed by atoms with van der Waals surface area (Å²) in [6.45, 7) is 12.1. The van der Waals surface area contributed by atoms with E-state index in [1.165, 1.54) is 78.3 Å². The summed E-state index contributed by atoms with van der Waals surface area (Å²) in [7, 11) is 0. The van der Waals surface area contributed by atoms with E-state index in [1.54, 1.807) is 0 Å². The fourth-order valence-electron chi connectivity index (χ4n) is 11.2. The molecule has 0 aromatic heterocycles. The zero-order valence-corrected chi connectivity index (χ0v) is 34.2. The van der Waals surface area contributed by atoms with Gasteiger partial charge in [-0.25, -0.2) is 0 Å². The zero-order chi connectivity index (χ0) is 36.9. The van der Waals surface area contributed by atoms with E-state index in [0.29, 0.717) is 0 Å². The summed E-state index contributed by atoms with van der Waals surface area (Å²) in [6.07, 6.45) is 3.45. The minimum Gasteiger partial charge on any atom is -0.457 e. The number of hydrogen-bond donors (Lipinski definition) is 0. The maximum absolute atomic E-state index is 6.82. The van der Waals surface area contributed by atoms with Gasteiger partial charge in [-0.1, -0.05) is 139 Å². The molecule has 0 saturated carbocycles. The van der Waals surface area contributed by atoms with Crippen LogP contribution in [0.1, 0.15) is 80.0 Å². The monoisotopic (exact) mass is 827 g/mol. The quantitative estimate of drug-likeness (QED) is 0.164. The highest BCUT2D eigenvalue weighted by atomic mass is 79.9. The molecule has 54 heavy (non-hydrogen) atoms. The molecule has 11 rings (SSSR count). The molecule has 3 aliphatic carbocycles. The van der Waals surface area contributed by atoms with Crippen molar-refractivity contribution in [3.05, 3.63) is 193 Å².